The van der Waals surface area contributed by atoms with Crippen molar-refractivity contribution in [2.45, 2.75) is 36.7 Å². The molecule has 2 aromatic carbocycles. The number of hydrogen-bond acceptors (Lipinski definition) is 4. The Kier molecular flexibility index (Phi) is 6.29. The molecular weight excluding hydrogens is 502 g/mol. The predicted molar refractivity (Wildman–Crippen MR) is 112 cm³/mol. The van der Waals surface area contributed by atoms with Crippen LogP contribution in [0.3, 0.4) is 0 Å². The minimum atomic E-state index is -4.84. The number of nitrogens with zero attached hydrogens (tertiary/aromatic N) is 2. The molecule has 13 heteroatoms. The molecule has 35 heavy (non-hydrogen) atoms. The van der Waals surface area contributed by atoms with Crippen LogP contribution in [0.15, 0.2) is 53.4 Å². The number of ether oxygens (including phenoxy) is 1. The van der Waals surface area contributed by atoms with Crippen molar-refractivity contribution in [1.82, 2.24) is 4.31 Å². The number of carbonyl (C=O) groups is 1. The summed E-state index contributed by atoms with van der Waals surface area (Å²) in [6.07, 6.45) is -9.07. The first-order chi connectivity index (χ1) is 16.2. The fourth-order valence-corrected chi connectivity index (χ4v) is 6.23. The molecule has 2 aromatic rings. The van der Waals surface area contributed by atoms with Gasteiger partial charge in [0.25, 0.3) is 0 Å². The number of sulfonamides is 1. The van der Waals surface area contributed by atoms with E-state index in [4.69, 9.17) is 0 Å². The van der Waals surface area contributed by atoms with Crippen molar-refractivity contribution in [2.24, 2.45) is 5.41 Å². The minimum absolute atomic E-state index is 0.116. The van der Waals surface area contributed by atoms with Gasteiger partial charge in [-0.05, 0) is 55.7 Å². The average Bonchev–Trinajstić information content (AvgIpc) is 3.08. The monoisotopic (exact) mass is 522 g/mol. The number of alkyl halides is 6. The van der Waals surface area contributed by atoms with Gasteiger partial charge in [0.05, 0.1) is 15.9 Å². The molecule has 2 saturated heterocycles. The quantitative estimate of drug-likeness (QED) is 0.541. The Morgan fingerprint density at radius 3 is 1.97 bits per heavy atom. The van der Waals surface area contributed by atoms with Crippen molar-refractivity contribution in [1.29, 1.82) is 0 Å². The fourth-order valence-electron chi connectivity index (χ4n) is 4.58. The van der Waals surface area contributed by atoms with Crippen molar-refractivity contribution in [3.8, 4) is 5.75 Å². The van der Waals surface area contributed by atoms with Gasteiger partial charge < -0.3 is 9.64 Å². The van der Waals surface area contributed by atoms with Crippen LogP contribution in [0.1, 0.15) is 24.8 Å². The molecular formula is C22H20F6N2O4S. The standard InChI is InChI=1S/C22H20F6N2O4S/c23-21(24,25)17-3-1-2-4-18(17)35(32,33)29-12-9-20(10-13-29)11-14-30(19(20)31)15-5-7-16(8-6-15)34-22(26,27)28/h1-8H,9-14H2. The highest BCUT2D eigenvalue weighted by atomic mass is 32.2. The van der Waals surface area contributed by atoms with Gasteiger partial charge in [0.15, 0.2) is 0 Å². The zero-order chi connectivity index (χ0) is 25.6. The molecule has 2 aliphatic rings. The summed E-state index contributed by atoms with van der Waals surface area (Å²) in [5.41, 5.74) is -1.77. The molecule has 0 N–H and O–H groups in total. The van der Waals surface area contributed by atoms with Gasteiger partial charge >= 0.3 is 12.5 Å². The van der Waals surface area contributed by atoms with Gasteiger partial charge in [-0.2, -0.15) is 17.5 Å². The van der Waals surface area contributed by atoms with E-state index < -0.39 is 44.2 Å². The third-order valence-electron chi connectivity index (χ3n) is 6.38. The highest BCUT2D eigenvalue weighted by Crippen LogP contribution is 2.45. The van der Waals surface area contributed by atoms with E-state index in [0.717, 1.165) is 28.6 Å². The number of benzene rings is 2. The molecule has 1 amide bonds. The van der Waals surface area contributed by atoms with Crippen molar-refractivity contribution in [2.75, 3.05) is 24.5 Å². The highest BCUT2D eigenvalue weighted by Gasteiger charge is 2.50. The van der Waals surface area contributed by atoms with E-state index in [9.17, 15) is 39.6 Å². The van der Waals surface area contributed by atoms with Crippen LogP contribution in [-0.4, -0.2) is 44.6 Å². The Morgan fingerprint density at radius 2 is 1.40 bits per heavy atom. The Labute approximate surface area is 197 Å². The van der Waals surface area contributed by atoms with Crippen LogP contribution < -0.4 is 9.64 Å². The number of rotatable bonds is 4. The lowest BCUT2D eigenvalue weighted by Crippen LogP contribution is -2.46. The molecule has 0 radical (unpaired) electrons. The Hall–Kier alpha value is -2.80. The molecule has 2 aliphatic heterocycles. The SMILES string of the molecule is O=C1N(c2ccc(OC(F)(F)F)cc2)CCC12CCN(S(=O)(=O)c1ccccc1C(F)(F)F)CC2. The van der Waals surface area contributed by atoms with Crippen molar-refractivity contribution < 1.29 is 44.3 Å². The summed E-state index contributed by atoms with van der Waals surface area (Å²) in [6, 6.07) is 8.79. The second-order valence-corrected chi connectivity index (χ2v) is 10.3. The third kappa shape index (κ3) is 4.96. The molecule has 190 valence electrons. The summed E-state index contributed by atoms with van der Waals surface area (Å²) in [4.78, 5) is 13.8. The average molecular weight is 522 g/mol. The van der Waals surface area contributed by atoms with E-state index in [1.165, 1.54) is 23.1 Å². The number of anilines is 1. The third-order valence-corrected chi connectivity index (χ3v) is 8.34. The van der Waals surface area contributed by atoms with Gasteiger partial charge in [0.1, 0.15) is 5.75 Å². The van der Waals surface area contributed by atoms with Gasteiger partial charge in [0, 0.05) is 25.3 Å². The Balaban J connectivity index is 1.47. The molecule has 1 spiro atoms. The van der Waals surface area contributed by atoms with Crippen LogP contribution in [0.5, 0.6) is 5.75 Å². The molecule has 0 aliphatic carbocycles. The van der Waals surface area contributed by atoms with Gasteiger partial charge in [-0.15, -0.1) is 13.2 Å². The van der Waals surface area contributed by atoms with Gasteiger partial charge in [-0.25, -0.2) is 8.42 Å². The largest absolute Gasteiger partial charge is 0.573 e. The summed E-state index contributed by atoms with van der Waals surface area (Å²) < 4.78 is 108. The lowest BCUT2D eigenvalue weighted by atomic mass is 9.77. The number of carbonyl (C=O) groups excluding carboxylic acids is 1. The maximum atomic E-state index is 13.4. The van der Waals surface area contributed by atoms with Crippen LogP contribution in [0.25, 0.3) is 0 Å². The molecule has 0 bridgehead atoms. The summed E-state index contributed by atoms with van der Waals surface area (Å²) in [7, 11) is -4.44. The molecule has 0 aromatic heterocycles. The normalized spacial score (nSPS) is 19.4. The topological polar surface area (TPSA) is 66.9 Å². The van der Waals surface area contributed by atoms with E-state index in [-0.39, 0.29) is 38.4 Å². The summed E-state index contributed by atoms with van der Waals surface area (Å²) >= 11 is 0. The number of amides is 1. The van der Waals surface area contributed by atoms with E-state index >= 15 is 0 Å². The fraction of sp³-hybridized carbons (Fsp3) is 0.409. The Morgan fingerprint density at radius 1 is 0.829 bits per heavy atom. The Bertz CT molecular complexity index is 1200. The van der Waals surface area contributed by atoms with E-state index in [2.05, 4.69) is 4.74 Å². The van der Waals surface area contributed by atoms with Gasteiger partial charge in [-0.1, -0.05) is 12.1 Å². The van der Waals surface area contributed by atoms with Crippen LogP contribution in [0.2, 0.25) is 0 Å². The zero-order valence-electron chi connectivity index (χ0n) is 18.1. The zero-order valence-corrected chi connectivity index (χ0v) is 18.9. The molecule has 4 rings (SSSR count). The summed E-state index contributed by atoms with van der Waals surface area (Å²) in [5.74, 6) is -0.727. The number of hydrogen-bond donors (Lipinski definition) is 0. The van der Waals surface area contributed by atoms with Crippen molar-refractivity contribution in [3.05, 3.63) is 54.1 Å². The molecule has 2 heterocycles. The van der Waals surface area contributed by atoms with Crippen molar-refractivity contribution in [3.63, 3.8) is 0 Å². The molecule has 0 saturated carbocycles. The molecule has 6 nitrogen and oxygen atoms in total. The highest BCUT2D eigenvalue weighted by molar-refractivity contribution is 7.89. The number of halogens is 6. The van der Waals surface area contributed by atoms with E-state index in [1.807, 2.05) is 0 Å². The molecule has 2 fully saturated rings. The molecule has 0 unspecified atom stereocenters. The first kappa shape index (κ1) is 25.3. The van der Waals surface area contributed by atoms with Crippen LogP contribution in [0.4, 0.5) is 32.0 Å². The lowest BCUT2D eigenvalue weighted by Gasteiger charge is -2.37. The first-order valence-electron chi connectivity index (χ1n) is 10.6. The van der Waals surface area contributed by atoms with Gasteiger partial charge in [-0.3, -0.25) is 4.79 Å². The summed E-state index contributed by atoms with van der Waals surface area (Å²) in [6.45, 7) is 0.0148. The second kappa shape index (κ2) is 8.70. The summed E-state index contributed by atoms with van der Waals surface area (Å²) in [5, 5.41) is 0. The van der Waals surface area contributed by atoms with Crippen LogP contribution in [0, 0.1) is 5.41 Å². The smallest absolute Gasteiger partial charge is 0.406 e. The molecule has 0 atom stereocenters. The number of piperidine rings is 1. The van der Waals surface area contributed by atoms with E-state index in [0.29, 0.717) is 18.2 Å². The van der Waals surface area contributed by atoms with Crippen LogP contribution >= 0.6 is 0 Å². The van der Waals surface area contributed by atoms with Gasteiger partial charge in [0.2, 0.25) is 15.9 Å². The maximum Gasteiger partial charge on any atom is 0.573 e. The minimum Gasteiger partial charge on any atom is -0.406 e. The van der Waals surface area contributed by atoms with E-state index in [1.54, 1.807) is 0 Å². The first-order valence-corrected chi connectivity index (χ1v) is 12.0. The second-order valence-electron chi connectivity index (χ2n) is 8.43. The lowest BCUT2D eigenvalue weighted by molar-refractivity contribution is -0.274. The maximum absolute atomic E-state index is 13.4. The predicted octanol–water partition coefficient (Wildman–Crippen LogP) is 4.81. The van der Waals surface area contributed by atoms with Crippen LogP contribution in [-0.2, 0) is 21.0 Å². The van der Waals surface area contributed by atoms with Crippen molar-refractivity contribution >= 4 is 21.6 Å².